The summed E-state index contributed by atoms with van der Waals surface area (Å²) in [5, 5.41) is 12.2. The lowest BCUT2D eigenvalue weighted by Crippen LogP contribution is -2.26. The van der Waals surface area contributed by atoms with Gasteiger partial charge in [0.15, 0.2) is 11.5 Å². The van der Waals surface area contributed by atoms with Crippen LogP contribution >= 0.6 is 0 Å². The van der Waals surface area contributed by atoms with Gasteiger partial charge in [0.1, 0.15) is 11.2 Å². The van der Waals surface area contributed by atoms with E-state index >= 15 is 0 Å². The van der Waals surface area contributed by atoms with Crippen molar-refractivity contribution in [2.45, 2.75) is 11.4 Å². The van der Waals surface area contributed by atoms with Crippen molar-refractivity contribution in [1.29, 1.82) is 0 Å². The van der Waals surface area contributed by atoms with Crippen molar-refractivity contribution >= 4 is 28.0 Å². The maximum atomic E-state index is 11.8. The Morgan fingerprint density at radius 1 is 1.33 bits per heavy atom. The highest BCUT2D eigenvalue weighted by Crippen LogP contribution is 2.30. The average Bonchev–Trinajstić information content (AvgIpc) is 2.91. The minimum atomic E-state index is -3.69. The van der Waals surface area contributed by atoms with E-state index in [1.165, 1.54) is 18.5 Å². The van der Waals surface area contributed by atoms with E-state index in [4.69, 9.17) is 9.63 Å². The molecule has 2 aromatic rings. The maximum Gasteiger partial charge on any atom is 0.358 e. The number of nitrogens with zero attached hydrogens (tertiary/aromatic N) is 3. The van der Waals surface area contributed by atoms with Crippen molar-refractivity contribution in [3.8, 4) is 0 Å². The second-order valence-electron chi connectivity index (χ2n) is 4.28. The molecular formula is C12H9N3O5S. The van der Waals surface area contributed by atoms with Crippen LogP contribution in [0.25, 0.3) is 0 Å². The van der Waals surface area contributed by atoms with Gasteiger partial charge in [-0.2, -0.15) is 8.42 Å². The molecule has 1 aromatic heterocycles. The highest BCUT2D eigenvalue weighted by Gasteiger charge is 2.25. The summed E-state index contributed by atoms with van der Waals surface area (Å²) in [6.45, 7) is 0.121. The van der Waals surface area contributed by atoms with Crippen molar-refractivity contribution in [3.05, 3.63) is 41.8 Å². The van der Waals surface area contributed by atoms with Crippen molar-refractivity contribution in [3.63, 3.8) is 0 Å². The number of carbonyl (C=O) groups is 1. The summed E-state index contributed by atoms with van der Waals surface area (Å²) in [6.07, 6.45) is 1.17. The Kier molecular flexibility index (Phi) is 2.98. The van der Waals surface area contributed by atoms with Crippen LogP contribution in [0.5, 0.6) is 0 Å². The number of carboxylic acids is 1. The predicted molar refractivity (Wildman–Crippen MR) is 71.8 cm³/mol. The highest BCUT2D eigenvalue weighted by atomic mass is 32.2. The van der Waals surface area contributed by atoms with Crippen LogP contribution in [-0.4, -0.2) is 31.0 Å². The third-order valence-electron chi connectivity index (χ3n) is 2.88. The second kappa shape index (κ2) is 4.70. The lowest BCUT2D eigenvalue weighted by atomic mass is 10.2. The van der Waals surface area contributed by atoms with Gasteiger partial charge in [0, 0.05) is 6.07 Å². The van der Waals surface area contributed by atoms with E-state index in [0.717, 1.165) is 0 Å². The molecule has 0 amide bonds. The molecule has 9 heteroatoms. The number of carboxylic acid groups (broad SMARTS) is 1. The zero-order valence-corrected chi connectivity index (χ0v) is 11.3. The first-order chi connectivity index (χ1) is 9.97. The number of rotatable bonds is 3. The summed E-state index contributed by atoms with van der Waals surface area (Å²) in [6, 6.07) is 7.67. The van der Waals surface area contributed by atoms with E-state index in [2.05, 4.69) is 9.55 Å². The molecule has 1 aromatic carbocycles. The number of fused-ring (bicyclic) bond motifs is 1. The van der Waals surface area contributed by atoms with E-state index in [1.54, 1.807) is 23.1 Å². The number of hydrogen-bond acceptors (Lipinski definition) is 6. The van der Waals surface area contributed by atoms with Gasteiger partial charge in [-0.1, -0.05) is 17.3 Å². The molecule has 8 nitrogen and oxygen atoms in total. The number of hydrogen-bond donors (Lipinski definition) is 1. The molecule has 0 bridgehead atoms. The van der Waals surface area contributed by atoms with Gasteiger partial charge in [-0.25, -0.2) is 4.79 Å². The van der Waals surface area contributed by atoms with Gasteiger partial charge in [0.2, 0.25) is 0 Å². The number of para-hydroxylation sites is 1. The molecule has 0 aliphatic carbocycles. The molecule has 0 atom stereocenters. The van der Waals surface area contributed by atoms with E-state index in [1.807, 2.05) is 0 Å². The molecular weight excluding hydrogens is 298 g/mol. The molecule has 0 fully saturated rings. The van der Waals surface area contributed by atoms with Crippen molar-refractivity contribution in [1.82, 2.24) is 5.16 Å². The minimum absolute atomic E-state index is 0.0884. The van der Waals surface area contributed by atoms with Crippen molar-refractivity contribution in [2.75, 3.05) is 4.90 Å². The van der Waals surface area contributed by atoms with E-state index in [0.29, 0.717) is 5.69 Å². The normalized spacial score (nSPS) is 15.7. The summed E-state index contributed by atoms with van der Waals surface area (Å²) < 4.78 is 32.1. The lowest BCUT2D eigenvalue weighted by Gasteiger charge is -2.23. The summed E-state index contributed by atoms with van der Waals surface area (Å²) in [7, 11) is -3.69. The van der Waals surface area contributed by atoms with E-state index < -0.39 is 16.0 Å². The average molecular weight is 307 g/mol. The van der Waals surface area contributed by atoms with Crippen LogP contribution in [0.3, 0.4) is 0 Å². The zero-order chi connectivity index (χ0) is 15.0. The summed E-state index contributed by atoms with van der Waals surface area (Å²) in [5.41, 5.74) is 0.237. The Balaban J connectivity index is 1.95. The molecule has 0 radical (unpaired) electrons. The predicted octanol–water partition coefficient (Wildman–Crippen LogP) is 1.11. The number of anilines is 1. The number of benzene rings is 1. The van der Waals surface area contributed by atoms with Crippen molar-refractivity contribution in [2.24, 2.45) is 4.40 Å². The Bertz CT molecular complexity index is 840. The van der Waals surface area contributed by atoms with E-state index in [9.17, 15) is 13.2 Å². The Labute approximate surface area is 119 Å². The monoisotopic (exact) mass is 307 g/mol. The van der Waals surface area contributed by atoms with Gasteiger partial charge in [-0.3, -0.25) is 0 Å². The highest BCUT2D eigenvalue weighted by molar-refractivity contribution is 7.90. The molecule has 0 unspecified atom stereocenters. The Morgan fingerprint density at radius 2 is 2.10 bits per heavy atom. The number of sulfonamides is 1. The molecule has 0 spiro atoms. The molecule has 1 aliphatic heterocycles. The molecule has 2 heterocycles. The summed E-state index contributed by atoms with van der Waals surface area (Å²) in [5.74, 6) is -0.909. The van der Waals surface area contributed by atoms with Crippen LogP contribution in [0.2, 0.25) is 0 Å². The van der Waals surface area contributed by atoms with Crippen LogP contribution in [0.15, 0.2) is 44.1 Å². The first kappa shape index (κ1) is 13.3. The molecule has 3 rings (SSSR count). The molecule has 21 heavy (non-hydrogen) atoms. The van der Waals surface area contributed by atoms with Crippen LogP contribution < -0.4 is 4.90 Å². The summed E-state index contributed by atoms with van der Waals surface area (Å²) in [4.78, 5) is 12.4. The van der Waals surface area contributed by atoms with Crippen LogP contribution in [0.4, 0.5) is 5.69 Å². The van der Waals surface area contributed by atoms with Crippen LogP contribution in [-0.2, 0) is 16.6 Å². The number of aromatic carboxylic acids is 1. The SMILES string of the molecule is O=C(O)c1cc(CN2C=NS(=O)(=O)c3ccccc32)on1. The lowest BCUT2D eigenvalue weighted by molar-refractivity contribution is 0.0685. The molecule has 1 aliphatic rings. The van der Waals surface area contributed by atoms with Gasteiger partial charge in [0.05, 0.1) is 12.2 Å². The second-order valence-corrected chi connectivity index (χ2v) is 5.88. The van der Waals surface area contributed by atoms with Crippen LogP contribution in [0.1, 0.15) is 16.2 Å². The maximum absolute atomic E-state index is 11.8. The fourth-order valence-electron chi connectivity index (χ4n) is 1.93. The zero-order valence-electron chi connectivity index (χ0n) is 10.5. The first-order valence-electron chi connectivity index (χ1n) is 5.82. The van der Waals surface area contributed by atoms with E-state index in [-0.39, 0.29) is 22.9 Å². The standard InChI is InChI=1S/C12H9N3O5S/c16-12(17)9-5-8(20-14-9)6-15-7-13-21(18,19)11-4-2-1-3-10(11)15/h1-5,7H,6H2,(H,16,17). The third kappa shape index (κ3) is 2.38. The Morgan fingerprint density at radius 3 is 2.81 bits per heavy atom. The van der Waals surface area contributed by atoms with Gasteiger partial charge in [-0.05, 0) is 12.1 Å². The quantitative estimate of drug-likeness (QED) is 0.903. The molecule has 1 N–H and O–H groups in total. The van der Waals surface area contributed by atoms with Gasteiger partial charge in [-0.15, -0.1) is 4.40 Å². The smallest absolute Gasteiger partial charge is 0.358 e. The molecule has 0 saturated heterocycles. The summed E-state index contributed by atoms with van der Waals surface area (Å²) >= 11 is 0. The van der Waals surface area contributed by atoms with Gasteiger partial charge in [0.25, 0.3) is 10.0 Å². The van der Waals surface area contributed by atoms with Crippen LogP contribution in [0, 0.1) is 0 Å². The molecule has 108 valence electrons. The fourth-order valence-corrected chi connectivity index (χ4v) is 2.98. The fraction of sp³-hybridized carbons (Fsp3) is 0.0833. The molecule has 0 saturated carbocycles. The minimum Gasteiger partial charge on any atom is -0.476 e. The largest absolute Gasteiger partial charge is 0.476 e. The van der Waals surface area contributed by atoms with Gasteiger partial charge < -0.3 is 14.5 Å². The van der Waals surface area contributed by atoms with Gasteiger partial charge >= 0.3 is 5.97 Å². The Hall–Kier alpha value is -2.68. The topological polar surface area (TPSA) is 113 Å². The number of aromatic nitrogens is 1. The first-order valence-corrected chi connectivity index (χ1v) is 7.26. The third-order valence-corrected chi connectivity index (χ3v) is 4.15. The van der Waals surface area contributed by atoms with Crippen molar-refractivity contribution < 1.29 is 22.8 Å².